The molecule has 0 atom stereocenters. The van der Waals surface area contributed by atoms with Gasteiger partial charge >= 0.3 is 6.85 Å². The minimum atomic E-state index is 0.255. The Labute approximate surface area is 119 Å². The Morgan fingerprint density at radius 1 is 0.750 bits per heavy atom. The molecule has 3 aromatic rings. The Kier molecular flexibility index (Phi) is 2.60. The van der Waals surface area contributed by atoms with Gasteiger partial charge in [0, 0.05) is 5.69 Å². The van der Waals surface area contributed by atoms with Crippen LogP contribution < -0.4 is 10.7 Å². The second kappa shape index (κ2) is 4.57. The van der Waals surface area contributed by atoms with Gasteiger partial charge < -0.3 is 5.23 Å². The number of hydrogen-bond donors (Lipinski definition) is 1. The molecule has 2 heteroatoms. The van der Waals surface area contributed by atoms with Gasteiger partial charge in [0.25, 0.3) is 0 Å². The first-order chi connectivity index (χ1) is 9.90. The van der Waals surface area contributed by atoms with E-state index in [-0.39, 0.29) is 6.85 Å². The first-order valence-electron chi connectivity index (χ1n) is 6.93. The molecule has 0 amide bonds. The lowest BCUT2D eigenvalue weighted by Gasteiger charge is -2.20. The number of anilines is 1. The van der Waals surface area contributed by atoms with E-state index in [1.807, 2.05) is 0 Å². The fourth-order valence-electron chi connectivity index (χ4n) is 2.79. The van der Waals surface area contributed by atoms with E-state index in [2.05, 4.69) is 84.0 Å². The fourth-order valence-corrected chi connectivity index (χ4v) is 2.79. The van der Waals surface area contributed by atoms with Crippen LogP contribution in [0.15, 0.2) is 72.7 Å². The molecule has 0 radical (unpaired) electrons. The maximum Gasteiger partial charge on any atom is 0.313 e. The van der Waals surface area contributed by atoms with Crippen molar-refractivity contribution in [3.63, 3.8) is 0 Å². The van der Waals surface area contributed by atoms with Gasteiger partial charge in [0.05, 0.1) is 0 Å². The lowest BCUT2D eigenvalue weighted by atomic mass is 9.54. The quantitative estimate of drug-likeness (QED) is 0.653. The van der Waals surface area contributed by atoms with Gasteiger partial charge in [0.15, 0.2) is 0 Å². The molecule has 0 aliphatic carbocycles. The number of fused-ring (bicyclic) bond motifs is 2. The molecule has 1 heterocycles. The monoisotopic (exact) mass is 255 g/mol. The van der Waals surface area contributed by atoms with Crippen LogP contribution in [0, 0.1) is 0 Å². The van der Waals surface area contributed by atoms with E-state index >= 15 is 0 Å². The van der Waals surface area contributed by atoms with Crippen LogP contribution in [0.4, 0.5) is 5.69 Å². The third kappa shape index (κ3) is 1.90. The van der Waals surface area contributed by atoms with Gasteiger partial charge in [-0.25, -0.2) is 0 Å². The molecule has 1 N–H and O–H groups in total. The fraction of sp³-hybridized carbons (Fsp3) is 0. The Morgan fingerprint density at radius 3 is 2.25 bits per heavy atom. The van der Waals surface area contributed by atoms with E-state index in [1.54, 1.807) is 0 Å². The highest BCUT2D eigenvalue weighted by Crippen LogP contribution is 2.27. The molecule has 3 aromatic carbocycles. The maximum atomic E-state index is 3.62. The van der Waals surface area contributed by atoms with Crippen molar-refractivity contribution in [3.05, 3.63) is 78.3 Å². The zero-order valence-electron chi connectivity index (χ0n) is 11.1. The van der Waals surface area contributed by atoms with E-state index in [4.69, 9.17) is 0 Å². The average molecular weight is 255 g/mol. The number of benzene rings is 3. The smallest absolute Gasteiger partial charge is 0.313 e. The van der Waals surface area contributed by atoms with Crippen LogP contribution in [0.3, 0.4) is 0 Å². The van der Waals surface area contributed by atoms with Crippen LogP contribution in [0.25, 0.3) is 16.8 Å². The molecule has 1 aliphatic heterocycles. The molecule has 0 fully saturated rings. The summed E-state index contributed by atoms with van der Waals surface area (Å²) < 4.78 is 0. The zero-order chi connectivity index (χ0) is 13.4. The number of rotatable bonds is 1. The molecule has 1 aliphatic rings. The molecule has 0 saturated carbocycles. The lowest BCUT2D eigenvalue weighted by molar-refractivity contribution is 1.63. The molecule has 0 aromatic heterocycles. The van der Waals surface area contributed by atoms with Crippen LogP contribution in [-0.2, 0) is 0 Å². The van der Waals surface area contributed by atoms with Crippen LogP contribution >= 0.6 is 0 Å². The second-order valence-electron chi connectivity index (χ2n) is 5.18. The summed E-state index contributed by atoms with van der Waals surface area (Å²) in [6.45, 7) is 0.255. The summed E-state index contributed by atoms with van der Waals surface area (Å²) in [7, 11) is 0. The molecule has 94 valence electrons. The Balaban J connectivity index is 1.78. The first-order valence-corrected chi connectivity index (χ1v) is 6.93. The molecule has 1 nitrogen and oxygen atoms in total. The molecule has 0 saturated heterocycles. The second-order valence-corrected chi connectivity index (χ2v) is 5.18. The van der Waals surface area contributed by atoms with E-state index in [1.165, 1.54) is 27.5 Å². The van der Waals surface area contributed by atoms with Crippen molar-refractivity contribution in [3.8, 4) is 0 Å². The SMILES string of the molecule is C1=Cc2cc3ccccc3cc2NB1c1ccccc1. The summed E-state index contributed by atoms with van der Waals surface area (Å²) in [5.41, 5.74) is 3.76. The molecular weight excluding hydrogens is 241 g/mol. The van der Waals surface area contributed by atoms with Gasteiger partial charge in [-0.2, -0.15) is 0 Å². The summed E-state index contributed by atoms with van der Waals surface area (Å²) in [6, 6.07) is 23.5. The molecule has 4 rings (SSSR count). The highest BCUT2D eigenvalue weighted by Gasteiger charge is 2.18. The molecule has 20 heavy (non-hydrogen) atoms. The van der Waals surface area contributed by atoms with Gasteiger partial charge in [0.2, 0.25) is 0 Å². The number of hydrogen-bond acceptors (Lipinski definition) is 1. The van der Waals surface area contributed by atoms with E-state index in [0.29, 0.717) is 0 Å². The maximum absolute atomic E-state index is 3.62. The summed E-state index contributed by atoms with van der Waals surface area (Å²) in [6.07, 6.45) is 2.22. The Hall–Kier alpha value is -2.48. The van der Waals surface area contributed by atoms with Crippen molar-refractivity contribution in [1.29, 1.82) is 0 Å². The van der Waals surface area contributed by atoms with Crippen molar-refractivity contribution >= 4 is 34.8 Å². The van der Waals surface area contributed by atoms with Crippen LogP contribution in [0.2, 0.25) is 0 Å². The number of nitrogens with one attached hydrogen (secondary N) is 1. The van der Waals surface area contributed by atoms with Crippen molar-refractivity contribution in [2.24, 2.45) is 0 Å². The van der Waals surface area contributed by atoms with Crippen molar-refractivity contribution in [2.45, 2.75) is 0 Å². The normalized spacial score (nSPS) is 13.1. The minimum Gasteiger partial charge on any atom is -0.420 e. The topological polar surface area (TPSA) is 12.0 Å². The zero-order valence-corrected chi connectivity index (χ0v) is 11.1. The standard InChI is InChI=1S/C18H14BN/c1-2-8-17(9-3-1)19-11-10-16-12-14-6-4-5-7-15(14)13-18(16)20-19/h1-13,20H. The van der Waals surface area contributed by atoms with Crippen molar-refractivity contribution in [1.82, 2.24) is 0 Å². The van der Waals surface area contributed by atoms with Crippen LogP contribution in [-0.4, -0.2) is 6.85 Å². The highest BCUT2D eigenvalue weighted by atomic mass is 14.8. The van der Waals surface area contributed by atoms with E-state index < -0.39 is 0 Å². The summed E-state index contributed by atoms with van der Waals surface area (Å²) in [5.74, 6) is 2.23. The lowest BCUT2D eigenvalue weighted by Crippen LogP contribution is -2.38. The Morgan fingerprint density at radius 2 is 1.45 bits per heavy atom. The van der Waals surface area contributed by atoms with E-state index in [9.17, 15) is 0 Å². The summed E-state index contributed by atoms with van der Waals surface area (Å²) in [4.78, 5) is 0. The van der Waals surface area contributed by atoms with Gasteiger partial charge in [-0.1, -0.05) is 72.1 Å². The third-order valence-corrected chi connectivity index (χ3v) is 3.86. The predicted octanol–water partition coefficient (Wildman–Crippen LogP) is 3.72. The summed E-state index contributed by atoms with van der Waals surface area (Å²) in [5, 5.41) is 6.18. The van der Waals surface area contributed by atoms with Crippen molar-refractivity contribution < 1.29 is 0 Å². The van der Waals surface area contributed by atoms with E-state index in [0.717, 1.165) is 0 Å². The Bertz CT molecular complexity index is 793. The first kappa shape index (κ1) is 11.4. The molecular formula is C18H14BN. The predicted molar refractivity (Wildman–Crippen MR) is 88.4 cm³/mol. The van der Waals surface area contributed by atoms with Crippen LogP contribution in [0.5, 0.6) is 0 Å². The van der Waals surface area contributed by atoms with Gasteiger partial charge in [0.1, 0.15) is 0 Å². The average Bonchev–Trinajstić information content (AvgIpc) is 2.53. The summed E-state index contributed by atoms with van der Waals surface area (Å²) >= 11 is 0. The minimum absolute atomic E-state index is 0.255. The van der Waals surface area contributed by atoms with Crippen molar-refractivity contribution in [2.75, 3.05) is 5.23 Å². The molecule has 0 unspecified atom stereocenters. The van der Waals surface area contributed by atoms with Gasteiger partial charge in [-0.05, 0) is 28.5 Å². The van der Waals surface area contributed by atoms with Crippen LogP contribution in [0.1, 0.15) is 5.56 Å². The highest BCUT2D eigenvalue weighted by molar-refractivity contribution is 6.81. The van der Waals surface area contributed by atoms with Gasteiger partial charge in [-0.15, -0.1) is 0 Å². The molecule has 0 spiro atoms. The largest absolute Gasteiger partial charge is 0.420 e. The van der Waals surface area contributed by atoms with Gasteiger partial charge in [-0.3, -0.25) is 0 Å². The third-order valence-electron chi connectivity index (χ3n) is 3.86. The molecule has 0 bridgehead atoms.